The molecule has 2 aromatic carbocycles. The number of hydrogen-bond donors (Lipinski definition) is 1. The van der Waals surface area contributed by atoms with Crippen LogP contribution in [0.4, 0.5) is 5.69 Å². The van der Waals surface area contributed by atoms with Gasteiger partial charge in [0.05, 0.1) is 29.8 Å². The topological polar surface area (TPSA) is 73.9 Å². The van der Waals surface area contributed by atoms with Gasteiger partial charge in [-0.25, -0.2) is 0 Å². The van der Waals surface area contributed by atoms with Crippen LogP contribution < -0.4 is 14.4 Å². The van der Waals surface area contributed by atoms with Gasteiger partial charge in [-0.1, -0.05) is 36.7 Å². The van der Waals surface area contributed by atoms with E-state index in [0.717, 1.165) is 68.1 Å². The molecule has 1 amide bonds. The highest BCUT2D eigenvalue weighted by Crippen LogP contribution is 2.47. The standard InChI is InChI=1S/C32H39ClN2O4S/c1-21-5-3-7-29(38-2)26-11-8-24(26)17-35-19-32(14-4-6-22-15-25(33)10-12-27(22)32)20-39-30-13-9-23(16-28(30)35)31(36)34-40(37)18-21/h3,7,9-10,12-13,15-16,21,24,26,29H,4-6,8,11,14,17-20H2,1-2H3,(H,34,36)/b7-3+/t21-,24?,26?,29?,32?,40?/m1/s1. The summed E-state index contributed by atoms with van der Waals surface area (Å²) in [5, 5.41) is 0.775. The number of amides is 1. The lowest BCUT2D eigenvalue weighted by Gasteiger charge is -2.46. The summed E-state index contributed by atoms with van der Waals surface area (Å²) >= 11 is 4.95. The summed E-state index contributed by atoms with van der Waals surface area (Å²) < 4.78 is 28.1. The normalized spacial score (nSPS) is 33.0. The van der Waals surface area contributed by atoms with Gasteiger partial charge in [-0.15, -0.1) is 0 Å². The summed E-state index contributed by atoms with van der Waals surface area (Å²) in [6.45, 7) is 4.32. The minimum atomic E-state index is -1.46. The first-order chi connectivity index (χ1) is 19.3. The molecule has 5 unspecified atom stereocenters. The van der Waals surface area contributed by atoms with Crippen molar-refractivity contribution in [2.75, 3.05) is 37.5 Å². The van der Waals surface area contributed by atoms with Crippen LogP contribution in [0.15, 0.2) is 48.6 Å². The Balaban J connectivity index is 1.40. The van der Waals surface area contributed by atoms with Crippen LogP contribution in [0.5, 0.6) is 5.75 Å². The van der Waals surface area contributed by atoms with E-state index in [-0.39, 0.29) is 23.3 Å². The molecule has 40 heavy (non-hydrogen) atoms. The third kappa shape index (κ3) is 5.50. The minimum Gasteiger partial charge on any atom is -0.593 e. The fourth-order valence-corrected chi connectivity index (χ4v) is 8.42. The first kappa shape index (κ1) is 28.0. The van der Waals surface area contributed by atoms with Gasteiger partial charge in [0, 0.05) is 42.1 Å². The van der Waals surface area contributed by atoms with E-state index in [1.807, 2.05) is 18.2 Å². The van der Waals surface area contributed by atoms with Crippen molar-refractivity contribution in [3.63, 3.8) is 0 Å². The lowest BCUT2D eigenvalue weighted by molar-refractivity contribution is 0.0131. The first-order valence-corrected chi connectivity index (χ1v) is 16.2. The molecular weight excluding hydrogens is 544 g/mol. The van der Waals surface area contributed by atoms with Crippen molar-refractivity contribution >= 4 is 34.6 Å². The molecule has 0 radical (unpaired) electrons. The van der Waals surface area contributed by atoms with Crippen molar-refractivity contribution in [1.82, 2.24) is 4.72 Å². The van der Waals surface area contributed by atoms with Crippen LogP contribution in [0.25, 0.3) is 0 Å². The SMILES string of the molecule is COC1/C=C/C[C@@H](C)C[S+]([O-])NC(=O)c2ccc3c(c2)N(CC2CCC21)CC1(CCCc2cc(Cl)ccc21)CO3. The molecule has 2 aliphatic heterocycles. The number of halogens is 1. The van der Waals surface area contributed by atoms with Gasteiger partial charge in [0.15, 0.2) is 0 Å². The highest BCUT2D eigenvalue weighted by Gasteiger charge is 2.44. The van der Waals surface area contributed by atoms with E-state index in [1.165, 1.54) is 11.1 Å². The Morgan fingerprint density at radius 1 is 1.23 bits per heavy atom. The molecule has 6 nitrogen and oxygen atoms in total. The molecule has 214 valence electrons. The summed E-state index contributed by atoms with van der Waals surface area (Å²) in [6.07, 6.45) is 10.7. The zero-order chi connectivity index (χ0) is 27.9. The summed E-state index contributed by atoms with van der Waals surface area (Å²) in [5.74, 6) is 1.98. The number of aryl methyl sites for hydroxylation is 1. The zero-order valence-corrected chi connectivity index (χ0v) is 24.9. The number of nitrogens with zero attached hydrogens (tertiary/aromatic N) is 1. The van der Waals surface area contributed by atoms with Crippen LogP contribution in [-0.4, -0.2) is 49.1 Å². The highest BCUT2D eigenvalue weighted by molar-refractivity contribution is 7.90. The van der Waals surface area contributed by atoms with Gasteiger partial charge < -0.3 is 18.9 Å². The van der Waals surface area contributed by atoms with Gasteiger partial charge in [-0.05, 0) is 91.8 Å². The number of fused-ring (bicyclic) bond motifs is 4. The monoisotopic (exact) mass is 582 g/mol. The predicted octanol–water partition coefficient (Wildman–Crippen LogP) is 5.84. The number of methoxy groups -OCH3 is 1. The van der Waals surface area contributed by atoms with Gasteiger partial charge in [-0.2, -0.15) is 4.72 Å². The lowest BCUT2D eigenvalue weighted by Crippen LogP contribution is -2.49. The number of hydrogen-bond acceptors (Lipinski definition) is 5. The largest absolute Gasteiger partial charge is 0.593 e. The highest BCUT2D eigenvalue weighted by atomic mass is 35.5. The summed E-state index contributed by atoms with van der Waals surface area (Å²) in [7, 11) is 1.80. The van der Waals surface area contributed by atoms with Crippen LogP contribution in [-0.2, 0) is 27.9 Å². The Labute approximate surface area is 245 Å². The molecular formula is C32H39ClN2O4S. The van der Waals surface area contributed by atoms with Crippen molar-refractivity contribution in [2.24, 2.45) is 17.8 Å². The lowest BCUT2D eigenvalue weighted by atomic mass is 9.68. The summed E-state index contributed by atoms with van der Waals surface area (Å²) in [4.78, 5) is 15.7. The number of carbonyl (C=O) groups is 1. The molecule has 2 heterocycles. The van der Waals surface area contributed by atoms with Crippen LogP contribution in [0.1, 0.15) is 60.5 Å². The van der Waals surface area contributed by atoms with E-state index in [9.17, 15) is 9.35 Å². The number of anilines is 1. The Bertz CT molecular complexity index is 1290. The zero-order valence-electron chi connectivity index (χ0n) is 23.4. The molecule has 4 aliphatic rings. The number of rotatable bonds is 1. The second kappa shape index (κ2) is 11.6. The molecule has 1 spiro atoms. The van der Waals surface area contributed by atoms with Crippen molar-refractivity contribution in [3.8, 4) is 5.75 Å². The number of nitrogens with one attached hydrogen (secondary N) is 1. The first-order valence-electron chi connectivity index (χ1n) is 14.5. The fourth-order valence-electron chi connectivity index (χ4n) is 7.16. The van der Waals surface area contributed by atoms with Crippen LogP contribution in [0.3, 0.4) is 0 Å². The molecule has 2 aliphatic carbocycles. The molecule has 6 atom stereocenters. The van der Waals surface area contributed by atoms with Gasteiger partial charge >= 0.3 is 0 Å². The molecule has 1 N–H and O–H groups in total. The summed E-state index contributed by atoms with van der Waals surface area (Å²) in [5.41, 5.74) is 3.91. The maximum atomic E-state index is 13.2. The Morgan fingerprint density at radius 3 is 2.90 bits per heavy atom. The van der Waals surface area contributed by atoms with Crippen LogP contribution in [0, 0.1) is 17.8 Å². The third-order valence-electron chi connectivity index (χ3n) is 9.43. The molecule has 0 saturated heterocycles. The summed E-state index contributed by atoms with van der Waals surface area (Å²) in [6, 6.07) is 11.9. The molecule has 0 aromatic heterocycles. The molecule has 2 bridgehead atoms. The van der Waals surface area contributed by atoms with E-state index in [2.05, 4.69) is 40.8 Å². The molecule has 6 rings (SSSR count). The number of ether oxygens (including phenoxy) is 2. The maximum absolute atomic E-state index is 13.2. The van der Waals surface area contributed by atoms with E-state index < -0.39 is 11.4 Å². The molecule has 2 aromatic rings. The van der Waals surface area contributed by atoms with Crippen molar-refractivity contribution < 1.29 is 18.8 Å². The van der Waals surface area contributed by atoms with Gasteiger partial charge in [-0.3, -0.25) is 4.79 Å². The smallest absolute Gasteiger partial charge is 0.292 e. The predicted molar refractivity (Wildman–Crippen MR) is 161 cm³/mol. The van der Waals surface area contributed by atoms with E-state index in [1.54, 1.807) is 13.2 Å². The van der Waals surface area contributed by atoms with Crippen molar-refractivity contribution in [3.05, 3.63) is 70.3 Å². The van der Waals surface area contributed by atoms with E-state index in [0.29, 0.717) is 29.8 Å². The Morgan fingerprint density at radius 2 is 2.10 bits per heavy atom. The second-order valence-electron chi connectivity index (χ2n) is 12.2. The third-order valence-corrected chi connectivity index (χ3v) is 11.0. The van der Waals surface area contributed by atoms with Crippen LogP contribution >= 0.6 is 11.6 Å². The van der Waals surface area contributed by atoms with Crippen molar-refractivity contribution in [1.29, 1.82) is 0 Å². The average Bonchev–Trinajstić information content (AvgIpc) is 3.06. The fraction of sp³-hybridized carbons (Fsp3) is 0.531. The van der Waals surface area contributed by atoms with Gasteiger partial charge in [0.2, 0.25) is 0 Å². The van der Waals surface area contributed by atoms with Gasteiger partial charge in [0.25, 0.3) is 5.91 Å². The van der Waals surface area contributed by atoms with Crippen molar-refractivity contribution in [2.45, 2.75) is 57.0 Å². The quantitative estimate of drug-likeness (QED) is 0.338. The Kier molecular flexibility index (Phi) is 8.10. The second-order valence-corrected chi connectivity index (χ2v) is 13.9. The number of benzene rings is 2. The molecule has 1 saturated carbocycles. The average molecular weight is 583 g/mol. The molecule has 8 heteroatoms. The van der Waals surface area contributed by atoms with E-state index in [4.69, 9.17) is 21.1 Å². The number of allylic oxidation sites excluding steroid dienone is 1. The number of carbonyl (C=O) groups excluding carboxylic acids is 1. The van der Waals surface area contributed by atoms with Gasteiger partial charge in [0.1, 0.15) is 11.5 Å². The van der Waals surface area contributed by atoms with Crippen LogP contribution in [0.2, 0.25) is 5.02 Å². The Hall–Kier alpha value is -2.19. The maximum Gasteiger partial charge on any atom is 0.292 e. The molecule has 1 fully saturated rings. The van der Waals surface area contributed by atoms with E-state index >= 15 is 0 Å². The minimum absolute atomic E-state index is 0.0598.